The predicted molar refractivity (Wildman–Crippen MR) is 104 cm³/mol. The smallest absolute Gasteiger partial charge is 0.242 e. The second-order valence-corrected chi connectivity index (χ2v) is 11.7. The maximum atomic E-state index is 12.2. The van der Waals surface area contributed by atoms with Gasteiger partial charge in [-0.15, -0.1) is 11.3 Å². The van der Waals surface area contributed by atoms with Crippen LogP contribution in [0.15, 0.2) is 34.5 Å². The van der Waals surface area contributed by atoms with Crippen molar-refractivity contribution >= 4 is 42.2 Å². The Kier molecular flexibility index (Phi) is 5.39. The highest BCUT2D eigenvalue weighted by molar-refractivity contribution is 7.91. The van der Waals surface area contributed by atoms with Crippen molar-refractivity contribution in [1.29, 1.82) is 0 Å². The molecule has 0 saturated carbocycles. The lowest BCUT2D eigenvalue weighted by atomic mass is 10.1. The first-order chi connectivity index (χ1) is 12.6. The van der Waals surface area contributed by atoms with Crippen LogP contribution in [0.3, 0.4) is 0 Å². The van der Waals surface area contributed by atoms with Gasteiger partial charge in [-0.25, -0.2) is 26.1 Å². The number of thiazole rings is 1. The molecule has 1 aromatic carbocycles. The molecule has 1 fully saturated rings. The Bertz CT molecular complexity index is 1060. The van der Waals surface area contributed by atoms with Gasteiger partial charge in [0.15, 0.2) is 15.0 Å². The van der Waals surface area contributed by atoms with Crippen molar-refractivity contribution in [3.8, 4) is 11.3 Å². The minimum absolute atomic E-state index is 0.0381. The minimum Gasteiger partial charge on any atom is -0.302 e. The number of sulfonamides is 1. The number of benzene rings is 1. The molecule has 1 aromatic heterocycles. The fourth-order valence-corrected chi connectivity index (χ4v) is 6.05. The van der Waals surface area contributed by atoms with Crippen molar-refractivity contribution in [3.05, 3.63) is 29.6 Å². The molecule has 0 bridgehead atoms. The van der Waals surface area contributed by atoms with Crippen LogP contribution >= 0.6 is 11.3 Å². The maximum absolute atomic E-state index is 12.2. The second kappa shape index (κ2) is 7.30. The number of carbonyl (C=O) groups is 1. The third-order valence-corrected chi connectivity index (χ3v) is 8.62. The van der Waals surface area contributed by atoms with Gasteiger partial charge in [0.2, 0.25) is 15.9 Å². The zero-order valence-electron chi connectivity index (χ0n) is 14.7. The van der Waals surface area contributed by atoms with Crippen LogP contribution in [0.4, 0.5) is 5.13 Å². The van der Waals surface area contributed by atoms with Crippen LogP contribution in [0.1, 0.15) is 6.42 Å². The fraction of sp³-hybridized carbons (Fsp3) is 0.375. The molecule has 2 heterocycles. The summed E-state index contributed by atoms with van der Waals surface area (Å²) in [6.07, 6.45) is 0.328. The third-order valence-electron chi connectivity index (χ3n) is 4.27. The number of nitrogens with one attached hydrogen (secondary N) is 1. The normalized spacial score (nSPS) is 19.3. The average molecular weight is 430 g/mol. The molecule has 1 aliphatic rings. The Morgan fingerprint density at radius 1 is 1.26 bits per heavy atom. The Balaban J connectivity index is 1.72. The number of rotatable bonds is 5. The van der Waals surface area contributed by atoms with Gasteiger partial charge >= 0.3 is 0 Å². The average Bonchev–Trinajstić information content (AvgIpc) is 3.21. The van der Waals surface area contributed by atoms with E-state index in [0.717, 1.165) is 4.31 Å². The molecule has 1 amide bonds. The van der Waals surface area contributed by atoms with Crippen molar-refractivity contribution in [2.75, 3.05) is 30.9 Å². The summed E-state index contributed by atoms with van der Waals surface area (Å²) in [4.78, 5) is 16.7. The molecule has 1 saturated heterocycles. The molecular weight excluding hydrogens is 410 g/mol. The number of nitrogens with zero attached hydrogens (tertiary/aromatic N) is 2. The number of hydrogen-bond acceptors (Lipinski definition) is 7. The summed E-state index contributed by atoms with van der Waals surface area (Å²) < 4.78 is 48.3. The van der Waals surface area contributed by atoms with Crippen LogP contribution in [-0.4, -0.2) is 57.6 Å². The predicted octanol–water partition coefficient (Wildman–Crippen LogP) is 1.43. The van der Waals surface area contributed by atoms with Crippen molar-refractivity contribution < 1.29 is 21.6 Å². The van der Waals surface area contributed by atoms with E-state index >= 15 is 0 Å². The molecule has 3 rings (SSSR count). The SMILES string of the molecule is CN(C)S(=O)(=O)c1ccc(-c2csc(NC(=O)[C@@H]3CCS(=O)(=O)C3)n2)cc1. The van der Waals surface area contributed by atoms with E-state index in [1.54, 1.807) is 17.5 Å². The Morgan fingerprint density at radius 3 is 2.48 bits per heavy atom. The summed E-state index contributed by atoms with van der Waals surface area (Å²) in [7, 11) is -3.69. The lowest BCUT2D eigenvalue weighted by molar-refractivity contribution is -0.119. The molecule has 11 heteroatoms. The maximum Gasteiger partial charge on any atom is 0.242 e. The van der Waals surface area contributed by atoms with E-state index in [1.807, 2.05) is 0 Å². The van der Waals surface area contributed by atoms with Crippen molar-refractivity contribution in [2.24, 2.45) is 5.92 Å². The van der Waals surface area contributed by atoms with Gasteiger partial charge in [0.25, 0.3) is 0 Å². The highest BCUT2D eigenvalue weighted by Crippen LogP contribution is 2.27. The molecule has 0 aliphatic carbocycles. The van der Waals surface area contributed by atoms with Gasteiger partial charge in [-0.3, -0.25) is 4.79 Å². The van der Waals surface area contributed by atoms with Gasteiger partial charge in [0.05, 0.1) is 28.0 Å². The quantitative estimate of drug-likeness (QED) is 0.769. The molecule has 8 nitrogen and oxygen atoms in total. The van der Waals surface area contributed by atoms with E-state index in [9.17, 15) is 21.6 Å². The van der Waals surface area contributed by atoms with E-state index in [4.69, 9.17) is 0 Å². The van der Waals surface area contributed by atoms with Gasteiger partial charge in [-0.2, -0.15) is 0 Å². The van der Waals surface area contributed by atoms with Gasteiger partial charge in [-0.1, -0.05) is 12.1 Å². The standard InChI is InChI=1S/C16H19N3O5S3/c1-19(2)27(23,24)13-5-3-11(4-6-13)14-9-25-16(17-14)18-15(20)12-7-8-26(21,22)10-12/h3-6,9,12H,7-8,10H2,1-2H3,(H,17,18,20)/t12-/m1/s1. The number of anilines is 1. The first-order valence-electron chi connectivity index (χ1n) is 8.08. The van der Waals surface area contributed by atoms with Crippen LogP contribution in [0.2, 0.25) is 0 Å². The molecule has 0 spiro atoms. The Labute approximate surface area is 162 Å². The molecule has 0 unspecified atom stereocenters. The highest BCUT2D eigenvalue weighted by atomic mass is 32.2. The Hall–Kier alpha value is -1.82. The molecule has 1 N–H and O–H groups in total. The summed E-state index contributed by atoms with van der Waals surface area (Å²) in [5.41, 5.74) is 1.32. The van der Waals surface area contributed by atoms with Crippen LogP contribution in [0.5, 0.6) is 0 Å². The molecule has 1 atom stereocenters. The van der Waals surface area contributed by atoms with Crippen LogP contribution in [0.25, 0.3) is 11.3 Å². The van der Waals surface area contributed by atoms with Gasteiger partial charge < -0.3 is 5.32 Å². The lowest BCUT2D eigenvalue weighted by Crippen LogP contribution is -2.23. The zero-order chi connectivity index (χ0) is 19.8. The van der Waals surface area contributed by atoms with Crippen molar-refractivity contribution in [2.45, 2.75) is 11.3 Å². The summed E-state index contributed by atoms with van der Waals surface area (Å²) in [5.74, 6) is -0.975. The monoisotopic (exact) mass is 429 g/mol. The molecule has 27 heavy (non-hydrogen) atoms. The zero-order valence-corrected chi connectivity index (χ0v) is 17.2. The summed E-state index contributed by atoms with van der Waals surface area (Å²) in [6, 6.07) is 6.32. The summed E-state index contributed by atoms with van der Waals surface area (Å²) in [6.45, 7) is 0. The van der Waals surface area contributed by atoms with Crippen molar-refractivity contribution in [1.82, 2.24) is 9.29 Å². The van der Waals surface area contributed by atoms with Crippen LogP contribution in [-0.2, 0) is 24.7 Å². The number of sulfone groups is 1. The number of carbonyl (C=O) groups excluding carboxylic acids is 1. The van der Waals surface area contributed by atoms with Crippen molar-refractivity contribution in [3.63, 3.8) is 0 Å². The lowest BCUT2D eigenvalue weighted by Gasteiger charge is -2.11. The Morgan fingerprint density at radius 2 is 1.93 bits per heavy atom. The topological polar surface area (TPSA) is 114 Å². The largest absolute Gasteiger partial charge is 0.302 e. The van der Waals surface area contributed by atoms with E-state index in [-0.39, 0.29) is 22.3 Å². The summed E-state index contributed by atoms with van der Waals surface area (Å²) >= 11 is 1.23. The molecule has 0 radical (unpaired) electrons. The van der Waals surface area contributed by atoms with E-state index in [1.165, 1.54) is 37.6 Å². The third kappa shape index (κ3) is 4.37. The number of aromatic nitrogens is 1. The summed E-state index contributed by atoms with van der Waals surface area (Å²) in [5, 5.41) is 4.79. The van der Waals surface area contributed by atoms with E-state index in [2.05, 4.69) is 10.3 Å². The number of hydrogen-bond donors (Lipinski definition) is 1. The van der Waals surface area contributed by atoms with E-state index < -0.39 is 25.8 Å². The first-order valence-corrected chi connectivity index (χ1v) is 12.2. The van der Waals surface area contributed by atoms with E-state index in [0.29, 0.717) is 22.8 Å². The molecular formula is C16H19N3O5S3. The molecule has 146 valence electrons. The van der Waals surface area contributed by atoms with Gasteiger partial charge in [-0.05, 0) is 18.6 Å². The number of amides is 1. The molecule has 2 aromatic rings. The van der Waals surface area contributed by atoms with Gasteiger partial charge in [0, 0.05) is 25.0 Å². The fourth-order valence-electron chi connectivity index (χ4n) is 2.68. The second-order valence-electron chi connectivity index (χ2n) is 6.44. The minimum atomic E-state index is -3.50. The molecule has 1 aliphatic heterocycles. The van der Waals surface area contributed by atoms with Crippen LogP contribution < -0.4 is 5.32 Å². The highest BCUT2D eigenvalue weighted by Gasteiger charge is 2.33. The first kappa shape index (κ1) is 19.9. The van der Waals surface area contributed by atoms with Gasteiger partial charge in [0.1, 0.15) is 0 Å². The van der Waals surface area contributed by atoms with Crippen LogP contribution in [0, 0.1) is 5.92 Å².